The molecule has 31 heavy (non-hydrogen) atoms. The van der Waals surface area contributed by atoms with Crippen LogP contribution >= 0.6 is 0 Å². The van der Waals surface area contributed by atoms with E-state index in [4.69, 9.17) is 14.6 Å². The molecule has 0 amide bonds. The molecule has 0 aromatic rings. The summed E-state index contributed by atoms with van der Waals surface area (Å²) in [4.78, 5) is 0. The van der Waals surface area contributed by atoms with Crippen LogP contribution in [0.5, 0.6) is 0 Å². The summed E-state index contributed by atoms with van der Waals surface area (Å²) in [7, 11) is 0. The average Bonchev–Trinajstić information content (AvgIpc) is 2.78. The van der Waals surface area contributed by atoms with Crippen LogP contribution < -0.4 is 0 Å². The lowest BCUT2D eigenvalue weighted by Gasteiger charge is -2.36. The number of rotatable bonds is 20. The van der Waals surface area contributed by atoms with E-state index in [1.54, 1.807) is 0 Å². The summed E-state index contributed by atoms with van der Waals surface area (Å²) in [5.74, 6) is 0. The molecule has 1 saturated heterocycles. The molecule has 1 aliphatic heterocycles. The van der Waals surface area contributed by atoms with Gasteiger partial charge in [-0.1, -0.05) is 109 Å². The molecular formula is C26H50O5. The molecule has 0 unspecified atom stereocenters. The normalized spacial score (nSPS) is 24.3. The summed E-state index contributed by atoms with van der Waals surface area (Å²) in [5.41, 5.74) is 0. The summed E-state index contributed by atoms with van der Waals surface area (Å²) >= 11 is 0. The molecular weight excluding hydrogens is 392 g/mol. The highest BCUT2D eigenvalue weighted by Gasteiger charge is 2.38. The van der Waals surface area contributed by atoms with Crippen LogP contribution in [-0.2, 0) is 9.47 Å². The van der Waals surface area contributed by atoms with Crippen LogP contribution in [0.4, 0.5) is 0 Å². The molecule has 5 heteroatoms. The van der Waals surface area contributed by atoms with Crippen molar-refractivity contribution in [2.45, 2.75) is 134 Å². The van der Waals surface area contributed by atoms with Crippen LogP contribution in [0.25, 0.3) is 0 Å². The zero-order chi connectivity index (χ0) is 22.6. The van der Waals surface area contributed by atoms with E-state index in [0.717, 1.165) is 6.42 Å². The number of hydrogen-bond acceptors (Lipinski definition) is 5. The predicted octanol–water partition coefficient (Wildman–Crippen LogP) is 5.30. The van der Waals surface area contributed by atoms with Gasteiger partial charge in [-0.3, -0.25) is 0 Å². The number of allylic oxidation sites excluding steroid dienone is 1. The number of aliphatic hydroxyl groups is 3. The minimum atomic E-state index is -1.10. The Labute approximate surface area is 191 Å². The van der Waals surface area contributed by atoms with Gasteiger partial charge < -0.3 is 24.8 Å². The predicted molar refractivity (Wildman–Crippen MR) is 127 cm³/mol. The Kier molecular flexibility index (Phi) is 18.6. The minimum absolute atomic E-state index is 0.191. The summed E-state index contributed by atoms with van der Waals surface area (Å²) in [6, 6.07) is 0. The standard InChI is InChI=1S/C26H50O5/c1-2-3-4-5-6-7-8-9-10-11-12-13-14-15-16-17-18-19-20-30-24-22-31-23(21-27)25(28)26(24)29/h18-19,23-29H,2-17,20-22H2,1H3/b19-18+/t23-,24+,25-,26-/m1/s1. The second-order valence-electron chi connectivity index (χ2n) is 9.12. The van der Waals surface area contributed by atoms with Gasteiger partial charge in [0.15, 0.2) is 0 Å². The SMILES string of the molecule is CCCCCCCCCCCCCCCCC/C=C/CO[C@H]1CO[C@H](CO)[C@@H](O)[C@@H]1O. The quantitative estimate of drug-likeness (QED) is 0.176. The Balaban J connectivity index is 1.82. The number of unbranched alkanes of at least 4 members (excludes halogenated alkanes) is 15. The second kappa shape index (κ2) is 20.2. The lowest BCUT2D eigenvalue weighted by atomic mass is 10.0. The summed E-state index contributed by atoms with van der Waals surface area (Å²) in [5, 5.41) is 28.9. The van der Waals surface area contributed by atoms with Crippen molar-refractivity contribution in [2.24, 2.45) is 0 Å². The summed E-state index contributed by atoms with van der Waals surface area (Å²) < 4.78 is 10.9. The highest BCUT2D eigenvalue weighted by molar-refractivity contribution is 4.89. The van der Waals surface area contributed by atoms with Gasteiger partial charge in [-0.25, -0.2) is 0 Å². The van der Waals surface area contributed by atoms with Gasteiger partial charge in [0.05, 0.1) is 19.8 Å². The van der Waals surface area contributed by atoms with Crippen molar-refractivity contribution in [3.8, 4) is 0 Å². The van der Waals surface area contributed by atoms with Gasteiger partial charge in [-0.2, -0.15) is 0 Å². The molecule has 1 aliphatic rings. The van der Waals surface area contributed by atoms with Gasteiger partial charge in [-0.15, -0.1) is 0 Å². The molecule has 4 atom stereocenters. The summed E-state index contributed by atoms with van der Waals surface area (Å²) in [6.45, 7) is 2.57. The van der Waals surface area contributed by atoms with Gasteiger partial charge in [0.2, 0.25) is 0 Å². The third-order valence-electron chi connectivity index (χ3n) is 6.31. The van der Waals surface area contributed by atoms with E-state index < -0.39 is 24.4 Å². The maximum Gasteiger partial charge on any atom is 0.111 e. The van der Waals surface area contributed by atoms with Gasteiger partial charge in [-0.05, 0) is 12.8 Å². The van der Waals surface area contributed by atoms with E-state index in [2.05, 4.69) is 13.0 Å². The maximum absolute atomic E-state index is 10.0. The van der Waals surface area contributed by atoms with Crippen molar-refractivity contribution in [1.29, 1.82) is 0 Å². The van der Waals surface area contributed by atoms with Gasteiger partial charge in [0.1, 0.15) is 24.4 Å². The first-order valence-electron chi connectivity index (χ1n) is 13.1. The Morgan fingerprint density at radius 3 is 1.77 bits per heavy atom. The number of aliphatic hydroxyl groups excluding tert-OH is 3. The fraction of sp³-hybridized carbons (Fsp3) is 0.923. The highest BCUT2D eigenvalue weighted by atomic mass is 16.6. The molecule has 1 heterocycles. The molecule has 0 saturated carbocycles. The first-order chi connectivity index (χ1) is 15.2. The zero-order valence-corrected chi connectivity index (χ0v) is 20.1. The monoisotopic (exact) mass is 442 g/mol. The molecule has 0 aromatic heterocycles. The average molecular weight is 443 g/mol. The fourth-order valence-corrected chi connectivity index (χ4v) is 4.16. The van der Waals surface area contributed by atoms with E-state index in [9.17, 15) is 10.2 Å². The lowest BCUT2D eigenvalue weighted by Crippen LogP contribution is -2.54. The molecule has 3 N–H and O–H groups in total. The van der Waals surface area contributed by atoms with E-state index in [1.807, 2.05) is 6.08 Å². The number of ether oxygens (including phenoxy) is 2. The second-order valence-corrected chi connectivity index (χ2v) is 9.12. The fourth-order valence-electron chi connectivity index (χ4n) is 4.16. The van der Waals surface area contributed by atoms with Crippen molar-refractivity contribution in [3.05, 3.63) is 12.2 Å². The Bertz CT molecular complexity index is 415. The van der Waals surface area contributed by atoms with Crippen LogP contribution in [0.1, 0.15) is 110 Å². The topological polar surface area (TPSA) is 79.2 Å². The Morgan fingerprint density at radius 1 is 0.742 bits per heavy atom. The van der Waals surface area contributed by atoms with Gasteiger partial charge >= 0.3 is 0 Å². The molecule has 0 radical (unpaired) electrons. The van der Waals surface area contributed by atoms with Crippen molar-refractivity contribution in [2.75, 3.05) is 19.8 Å². The van der Waals surface area contributed by atoms with Crippen LogP contribution in [0.2, 0.25) is 0 Å². The largest absolute Gasteiger partial charge is 0.394 e. The first-order valence-corrected chi connectivity index (χ1v) is 13.1. The number of hydrogen-bond donors (Lipinski definition) is 3. The molecule has 0 aromatic carbocycles. The molecule has 5 nitrogen and oxygen atoms in total. The maximum atomic E-state index is 10.0. The van der Waals surface area contributed by atoms with Crippen molar-refractivity contribution in [3.63, 3.8) is 0 Å². The highest BCUT2D eigenvalue weighted by Crippen LogP contribution is 2.18. The molecule has 0 aliphatic carbocycles. The molecule has 1 fully saturated rings. The van der Waals surface area contributed by atoms with Crippen LogP contribution in [0, 0.1) is 0 Å². The van der Waals surface area contributed by atoms with Crippen molar-refractivity contribution in [1.82, 2.24) is 0 Å². The van der Waals surface area contributed by atoms with E-state index in [0.29, 0.717) is 6.61 Å². The van der Waals surface area contributed by atoms with E-state index in [1.165, 1.54) is 96.3 Å². The minimum Gasteiger partial charge on any atom is -0.394 e. The van der Waals surface area contributed by atoms with Crippen molar-refractivity contribution < 1.29 is 24.8 Å². The van der Waals surface area contributed by atoms with Crippen molar-refractivity contribution >= 4 is 0 Å². The van der Waals surface area contributed by atoms with Crippen LogP contribution in [-0.4, -0.2) is 59.6 Å². The molecule has 184 valence electrons. The molecule has 0 bridgehead atoms. The molecule has 1 rings (SSSR count). The summed E-state index contributed by atoms with van der Waals surface area (Å²) in [6.07, 6.45) is 22.5. The molecule has 0 spiro atoms. The van der Waals surface area contributed by atoms with Crippen LogP contribution in [0.15, 0.2) is 12.2 Å². The third-order valence-corrected chi connectivity index (χ3v) is 6.31. The smallest absolute Gasteiger partial charge is 0.111 e. The van der Waals surface area contributed by atoms with Gasteiger partial charge in [0, 0.05) is 0 Å². The van der Waals surface area contributed by atoms with Crippen LogP contribution in [0.3, 0.4) is 0 Å². The third kappa shape index (κ3) is 14.3. The first kappa shape index (κ1) is 28.6. The lowest BCUT2D eigenvalue weighted by molar-refractivity contribution is -0.205. The zero-order valence-electron chi connectivity index (χ0n) is 20.1. The van der Waals surface area contributed by atoms with E-state index >= 15 is 0 Å². The van der Waals surface area contributed by atoms with E-state index in [-0.39, 0.29) is 13.2 Å². The Hall–Kier alpha value is -0.460. The van der Waals surface area contributed by atoms with Gasteiger partial charge in [0.25, 0.3) is 0 Å². The Morgan fingerprint density at radius 2 is 1.26 bits per heavy atom.